The van der Waals surface area contributed by atoms with Crippen molar-refractivity contribution in [2.75, 3.05) is 0 Å². The summed E-state index contributed by atoms with van der Waals surface area (Å²) in [6.07, 6.45) is 0. The Morgan fingerprint density at radius 2 is 1.90 bits per heavy atom. The lowest BCUT2D eigenvalue weighted by Crippen LogP contribution is -2.10. The highest BCUT2D eigenvalue weighted by molar-refractivity contribution is 6.16. The second kappa shape index (κ2) is 5.49. The number of nitrogens with zero attached hydrogens (tertiary/aromatic N) is 2. The molecule has 1 aromatic heterocycles. The van der Waals surface area contributed by atoms with Gasteiger partial charge >= 0.3 is 0 Å². The maximum absolute atomic E-state index is 13.1. The van der Waals surface area contributed by atoms with Gasteiger partial charge in [0, 0.05) is 0 Å². The molecule has 1 unspecified atom stereocenters. The van der Waals surface area contributed by atoms with E-state index in [-0.39, 0.29) is 11.9 Å². The number of rotatable bonds is 3. The van der Waals surface area contributed by atoms with Crippen molar-refractivity contribution >= 4 is 22.6 Å². The molecule has 0 N–H and O–H groups in total. The third-order valence-corrected chi connectivity index (χ3v) is 4.08. The van der Waals surface area contributed by atoms with Crippen LogP contribution in [0.25, 0.3) is 11.0 Å². The maximum atomic E-state index is 13.1. The van der Waals surface area contributed by atoms with Gasteiger partial charge in [-0.3, -0.25) is 0 Å². The summed E-state index contributed by atoms with van der Waals surface area (Å²) in [5.41, 5.74) is 4.22. The van der Waals surface area contributed by atoms with Crippen molar-refractivity contribution in [3.63, 3.8) is 0 Å². The first-order valence-corrected chi connectivity index (χ1v) is 7.43. The monoisotopic (exact) mass is 302 g/mol. The molecule has 0 saturated heterocycles. The number of hydrogen-bond acceptors (Lipinski definition) is 1. The fourth-order valence-electron chi connectivity index (χ4n) is 2.77. The van der Waals surface area contributed by atoms with Crippen LogP contribution in [0.2, 0.25) is 0 Å². The molecule has 0 amide bonds. The Bertz CT molecular complexity index is 777. The maximum Gasteiger partial charge on any atom is 0.125 e. The van der Waals surface area contributed by atoms with Gasteiger partial charge in [-0.15, -0.1) is 11.6 Å². The van der Waals surface area contributed by atoms with E-state index < -0.39 is 0 Å². The van der Waals surface area contributed by atoms with Gasteiger partial charge in [0.25, 0.3) is 0 Å². The number of fused-ring (bicyclic) bond motifs is 1. The highest BCUT2D eigenvalue weighted by atomic mass is 35.5. The van der Waals surface area contributed by atoms with Crippen molar-refractivity contribution in [2.45, 2.75) is 25.8 Å². The van der Waals surface area contributed by atoms with E-state index in [1.54, 1.807) is 0 Å². The van der Waals surface area contributed by atoms with E-state index in [9.17, 15) is 4.39 Å². The summed E-state index contributed by atoms with van der Waals surface area (Å²) in [4.78, 5) is 4.61. The predicted molar refractivity (Wildman–Crippen MR) is 84.2 cm³/mol. The number of benzene rings is 2. The number of alkyl halides is 1. The van der Waals surface area contributed by atoms with Crippen LogP contribution in [0, 0.1) is 12.7 Å². The normalized spacial score (nSPS) is 12.8. The number of aromatic nitrogens is 2. The SMILES string of the molecule is Cc1cccc2nc(CCl)n(C(C)c3ccc(F)cc3)c12. The first-order chi connectivity index (χ1) is 10.1. The topological polar surface area (TPSA) is 17.8 Å². The molecule has 1 atom stereocenters. The summed E-state index contributed by atoms with van der Waals surface area (Å²) in [5, 5.41) is 0. The van der Waals surface area contributed by atoms with Gasteiger partial charge < -0.3 is 4.57 Å². The van der Waals surface area contributed by atoms with Gasteiger partial charge in [-0.05, 0) is 43.2 Å². The van der Waals surface area contributed by atoms with Gasteiger partial charge in [-0.1, -0.05) is 24.3 Å². The molecule has 21 heavy (non-hydrogen) atoms. The molecule has 0 bridgehead atoms. The summed E-state index contributed by atoms with van der Waals surface area (Å²) in [5.74, 6) is 0.951. The predicted octanol–water partition coefficient (Wildman–Crippen LogP) is 4.83. The zero-order valence-electron chi connectivity index (χ0n) is 12.0. The first kappa shape index (κ1) is 14.1. The van der Waals surface area contributed by atoms with Crippen LogP contribution in [0.4, 0.5) is 4.39 Å². The lowest BCUT2D eigenvalue weighted by Gasteiger charge is -2.18. The highest BCUT2D eigenvalue weighted by Crippen LogP contribution is 2.28. The Morgan fingerprint density at radius 3 is 2.57 bits per heavy atom. The quantitative estimate of drug-likeness (QED) is 0.634. The molecule has 0 aliphatic rings. The van der Waals surface area contributed by atoms with Crippen LogP contribution in [0.3, 0.4) is 0 Å². The minimum Gasteiger partial charge on any atom is -0.319 e. The Kier molecular flexibility index (Phi) is 3.68. The molecule has 0 spiro atoms. The average Bonchev–Trinajstić information content (AvgIpc) is 2.87. The van der Waals surface area contributed by atoms with Crippen LogP contribution in [0.15, 0.2) is 42.5 Å². The smallest absolute Gasteiger partial charge is 0.125 e. The minimum absolute atomic E-state index is 0.0467. The standard InChI is InChI=1S/C17H16ClFN2/c1-11-4-3-5-15-17(11)21(16(10-18)20-15)12(2)13-6-8-14(19)9-7-13/h3-9,12H,10H2,1-2H3. The fraction of sp³-hybridized carbons (Fsp3) is 0.235. The van der Waals surface area contributed by atoms with Crippen molar-refractivity contribution in [1.82, 2.24) is 9.55 Å². The van der Waals surface area contributed by atoms with E-state index in [0.29, 0.717) is 5.88 Å². The van der Waals surface area contributed by atoms with Gasteiger partial charge in [0.1, 0.15) is 11.6 Å². The molecule has 3 rings (SSSR count). The molecule has 1 heterocycles. The molecule has 108 valence electrons. The molecular weight excluding hydrogens is 287 g/mol. The number of para-hydroxylation sites is 1. The van der Waals surface area contributed by atoms with Gasteiger partial charge in [0.15, 0.2) is 0 Å². The largest absolute Gasteiger partial charge is 0.319 e. The third-order valence-electron chi connectivity index (χ3n) is 3.84. The molecule has 0 fully saturated rings. The van der Waals surface area contributed by atoms with Crippen LogP contribution in [0.1, 0.15) is 29.9 Å². The second-order valence-corrected chi connectivity index (χ2v) is 5.47. The summed E-state index contributed by atoms with van der Waals surface area (Å²) in [7, 11) is 0. The van der Waals surface area contributed by atoms with E-state index in [1.807, 2.05) is 24.3 Å². The Morgan fingerprint density at radius 1 is 1.19 bits per heavy atom. The molecular formula is C17H16ClFN2. The Labute approximate surface area is 128 Å². The van der Waals surface area contributed by atoms with Crippen molar-refractivity contribution < 1.29 is 4.39 Å². The van der Waals surface area contributed by atoms with Gasteiger partial charge in [0.2, 0.25) is 0 Å². The van der Waals surface area contributed by atoms with Crippen LogP contribution < -0.4 is 0 Å². The summed E-state index contributed by atoms with van der Waals surface area (Å²) >= 11 is 6.07. The number of hydrogen-bond donors (Lipinski definition) is 0. The summed E-state index contributed by atoms with van der Waals surface area (Å²) in [6.45, 7) is 4.15. The minimum atomic E-state index is -0.227. The molecule has 0 saturated carbocycles. The zero-order valence-corrected chi connectivity index (χ0v) is 12.7. The second-order valence-electron chi connectivity index (χ2n) is 5.20. The fourth-order valence-corrected chi connectivity index (χ4v) is 2.96. The van der Waals surface area contributed by atoms with Crippen molar-refractivity contribution in [3.05, 3.63) is 65.2 Å². The number of aryl methyl sites for hydroxylation is 1. The van der Waals surface area contributed by atoms with Crippen molar-refractivity contribution in [2.24, 2.45) is 0 Å². The highest BCUT2D eigenvalue weighted by Gasteiger charge is 2.18. The molecule has 4 heteroatoms. The number of halogens is 2. The van der Waals surface area contributed by atoms with Crippen molar-refractivity contribution in [3.8, 4) is 0 Å². The molecule has 2 nitrogen and oxygen atoms in total. The molecule has 0 aliphatic heterocycles. The molecule has 0 aliphatic carbocycles. The first-order valence-electron chi connectivity index (χ1n) is 6.89. The lowest BCUT2D eigenvalue weighted by molar-refractivity contribution is 0.613. The molecule has 0 radical (unpaired) electrons. The van der Waals surface area contributed by atoms with Crippen LogP contribution >= 0.6 is 11.6 Å². The Balaban J connectivity index is 2.20. The Hall–Kier alpha value is -1.87. The van der Waals surface area contributed by atoms with Crippen LogP contribution in [-0.4, -0.2) is 9.55 Å². The van der Waals surface area contributed by atoms with Crippen LogP contribution in [-0.2, 0) is 5.88 Å². The van der Waals surface area contributed by atoms with Gasteiger partial charge in [-0.25, -0.2) is 9.37 Å². The number of imidazole rings is 1. The van der Waals surface area contributed by atoms with Crippen LogP contribution in [0.5, 0.6) is 0 Å². The van der Waals surface area contributed by atoms with Gasteiger partial charge in [0.05, 0.1) is 23.0 Å². The van der Waals surface area contributed by atoms with E-state index >= 15 is 0 Å². The lowest BCUT2D eigenvalue weighted by atomic mass is 10.1. The van der Waals surface area contributed by atoms with E-state index in [4.69, 9.17) is 11.6 Å². The summed E-state index contributed by atoms with van der Waals surface area (Å²) in [6, 6.07) is 12.7. The van der Waals surface area contributed by atoms with Crippen molar-refractivity contribution in [1.29, 1.82) is 0 Å². The van der Waals surface area contributed by atoms with E-state index in [1.165, 1.54) is 12.1 Å². The van der Waals surface area contributed by atoms with Gasteiger partial charge in [-0.2, -0.15) is 0 Å². The van der Waals surface area contributed by atoms with E-state index in [0.717, 1.165) is 28.0 Å². The zero-order chi connectivity index (χ0) is 15.0. The molecule has 2 aromatic carbocycles. The average molecular weight is 303 g/mol. The third kappa shape index (κ3) is 2.42. The molecule has 3 aromatic rings. The summed E-state index contributed by atoms with van der Waals surface area (Å²) < 4.78 is 15.3. The van der Waals surface area contributed by atoms with E-state index in [2.05, 4.69) is 29.5 Å².